The average Bonchev–Trinajstić information content (AvgIpc) is 2.77. The van der Waals surface area contributed by atoms with Crippen molar-refractivity contribution in [3.63, 3.8) is 0 Å². The lowest BCUT2D eigenvalue weighted by molar-refractivity contribution is -0.116. The summed E-state index contributed by atoms with van der Waals surface area (Å²) in [4.78, 5) is 13.1. The van der Waals surface area contributed by atoms with E-state index < -0.39 is 0 Å². The Labute approximate surface area is 123 Å². The van der Waals surface area contributed by atoms with Crippen LogP contribution in [0, 0.1) is 13.8 Å². The van der Waals surface area contributed by atoms with Crippen LogP contribution in [0.1, 0.15) is 24.2 Å². The molecule has 1 heterocycles. The Morgan fingerprint density at radius 2 is 2.05 bits per heavy atom. The number of nitrogens with one attached hydrogen (secondary N) is 2. The summed E-state index contributed by atoms with van der Waals surface area (Å²) in [6.45, 7) is 3.78. The highest BCUT2D eigenvalue weighted by Crippen LogP contribution is 2.19. The molecule has 0 atom stereocenters. The molecule has 0 aliphatic rings. The molecule has 1 aromatic carbocycles. The number of carbonyl (C=O) groups is 1. The van der Waals surface area contributed by atoms with Crippen molar-refractivity contribution < 1.29 is 4.79 Å². The molecule has 106 valence electrons. The molecule has 4 nitrogen and oxygen atoms in total. The van der Waals surface area contributed by atoms with E-state index in [-0.39, 0.29) is 5.91 Å². The Morgan fingerprint density at radius 3 is 2.70 bits per heavy atom. The maximum atomic E-state index is 11.9. The molecule has 0 saturated heterocycles. The molecule has 5 heteroatoms. The Balaban J connectivity index is 1.71. The van der Waals surface area contributed by atoms with Crippen LogP contribution < -0.4 is 5.32 Å². The van der Waals surface area contributed by atoms with Gasteiger partial charge in [0.15, 0.2) is 0 Å². The van der Waals surface area contributed by atoms with Crippen LogP contribution in [0.15, 0.2) is 35.2 Å². The van der Waals surface area contributed by atoms with Crippen molar-refractivity contribution in [2.24, 2.45) is 0 Å². The molecule has 2 rings (SSSR count). The molecular formula is C15H19N3OS. The van der Waals surface area contributed by atoms with E-state index in [9.17, 15) is 4.79 Å². The number of rotatable bonds is 6. The molecule has 0 bridgehead atoms. The molecule has 0 radical (unpaired) electrons. The zero-order chi connectivity index (χ0) is 14.4. The summed E-state index contributed by atoms with van der Waals surface area (Å²) in [5.41, 5.74) is 2.54. The number of nitrogens with zero attached hydrogens (tertiary/aromatic N) is 1. The zero-order valence-corrected chi connectivity index (χ0v) is 12.6. The van der Waals surface area contributed by atoms with Crippen molar-refractivity contribution in [1.82, 2.24) is 10.2 Å². The molecular weight excluding hydrogens is 270 g/mol. The second-order valence-corrected chi connectivity index (χ2v) is 5.79. The number of aromatic amines is 1. The van der Waals surface area contributed by atoms with E-state index in [1.165, 1.54) is 4.90 Å². The fourth-order valence-corrected chi connectivity index (χ4v) is 2.75. The minimum atomic E-state index is 0.0475. The van der Waals surface area contributed by atoms with Gasteiger partial charge in [0.05, 0.1) is 17.1 Å². The summed E-state index contributed by atoms with van der Waals surface area (Å²) in [5.74, 6) is 0.993. The predicted octanol–water partition coefficient (Wildman–Crippen LogP) is 3.54. The fraction of sp³-hybridized carbons (Fsp3) is 0.333. The van der Waals surface area contributed by atoms with Crippen molar-refractivity contribution in [2.45, 2.75) is 31.6 Å². The van der Waals surface area contributed by atoms with Crippen molar-refractivity contribution in [2.75, 3.05) is 11.1 Å². The molecule has 0 saturated carbocycles. The third-order valence-corrected chi connectivity index (χ3v) is 4.05. The van der Waals surface area contributed by atoms with Crippen LogP contribution in [0.2, 0.25) is 0 Å². The first-order valence-corrected chi connectivity index (χ1v) is 7.64. The first kappa shape index (κ1) is 14.7. The van der Waals surface area contributed by atoms with Gasteiger partial charge in [-0.25, -0.2) is 0 Å². The van der Waals surface area contributed by atoms with E-state index in [1.54, 1.807) is 11.8 Å². The molecule has 20 heavy (non-hydrogen) atoms. The number of thioether (sulfide) groups is 1. The van der Waals surface area contributed by atoms with E-state index in [1.807, 2.05) is 32.0 Å². The third-order valence-electron chi connectivity index (χ3n) is 2.95. The van der Waals surface area contributed by atoms with Crippen LogP contribution in [-0.2, 0) is 4.79 Å². The Morgan fingerprint density at radius 1 is 1.30 bits per heavy atom. The van der Waals surface area contributed by atoms with E-state index in [0.717, 1.165) is 29.2 Å². The monoisotopic (exact) mass is 289 g/mol. The zero-order valence-electron chi connectivity index (χ0n) is 11.8. The second kappa shape index (κ2) is 7.14. The minimum Gasteiger partial charge on any atom is -0.323 e. The Kier molecular flexibility index (Phi) is 5.24. The number of aromatic nitrogens is 2. The van der Waals surface area contributed by atoms with Crippen LogP contribution in [0.3, 0.4) is 0 Å². The molecule has 0 aliphatic carbocycles. The van der Waals surface area contributed by atoms with E-state index in [2.05, 4.69) is 27.6 Å². The number of hydrogen-bond acceptors (Lipinski definition) is 3. The molecule has 2 N–H and O–H groups in total. The molecule has 0 aliphatic heterocycles. The highest BCUT2D eigenvalue weighted by Gasteiger charge is 2.09. The second-order valence-electron chi connectivity index (χ2n) is 4.62. The maximum Gasteiger partial charge on any atom is 0.224 e. The topological polar surface area (TPSA) is 57.8 Å². The fourth-order valence-electron chi connectivity index (χ4n) is 1.88. The van der Waals surface area contributed by atoms with E-state index in [0.29, 0.717) is 6.42 Å². The van der Waals surface area contributed by atoms with Crippen LogP contribution in [0.25, 0.3) is 0 Å². The van der Waals surface area contributed by atoms with Crippen LogP contribution >= 0.6 is 11.8 Å². The van der Waals surface area contributed by atoms with Gasteiger partial charge in [-0.1, -0.05) is 18.2 Å². The molecule has 2 aromatic rings. The number of carbonyl (C=O) groups excluding carboxylic acids is 1. The van der Waals surface area contributed by atoms with Gasteiger partial charge >= 0.3 is 0 Å². The van der Waals surface area contributed by atoms with E-state index in [4.69, 9.17) is 0 Å². The first-order chi connectivity index (χ1) is 9.66. The molecule has 1 amide bonds. The lowest BCUT2D eigenvalue weighted by Crippen LogP contribution is -2.12. The maximum absolute atomic E-state index is 11.9. The summed E-state index contributed by atoms with van der Waals surface area (Å²) in [6, 6.07) is 10.2. The van der Waals surface area contributed by atoms with Gasteiger partial charge in [-0.2, -0.15) is 5.10 Å². The van der Waals surface area contributed by atoms with Gasteiger partial charge in [-0.15, -0.1) is 11.8 Å². The van der Waals surface area contributed by atoms with Crippen LogP contribution in [-0.4, -0.2) is 21.9 Å². The van der Waals surface area contributed by atoms with Gasteiger partial charge in [-0.3, -0.25) is 9.89 Å². The highest BCUT2D eigenvalue weighted by atomic mass is 32.2. The van der Waals surface area contributed by atoms with Gasteiger partial charge in [0.1, 0.15) is 0 Å². The van der Waals surface area contributed by atoms with Gasteiger partial charge in [0.2, 0.25) is 5.91 Å². The normalized spacial score (nSPS) is 10.5. The van der Waals surface area contributed by atoms with Gasteiger partial charge < -0.3 is 5.32 Å². The summed E-state index contributed by atoms with van der Waals surface area (Å²) < 4.78 is 0. The molecule has 0 spiro atoms. The highest BCUT2D eigenvalue weighted by molar-refractivity contribution is 7.99. The lowest BCUT2D eigenvalue weighted by Gasteiger charge is -2.05. The predicted molar refractivity (Wildman–Crippen MR) is 83.1 cm³/mol. The van der Waals surface area contributed by atoms with Crippen molar-refractivity contribution >= 4 is 23.4 Å². The quantitative estimate of drug-likeness (QED) is 0.631. The third kappa shape index (κ3) is 4.13. The molecule has 0 unspecified atom stereocenters. The first-order valence-electron chi connectivity index (χ1n) is 6.66. The summed E-state index contributed by atoms with van der Waals surface area (Å²) in [6.07, 6.45) is 1.39. The lowest BCUT2D eigenvalue weighted by atomic mass is 10.2. The van der Waals surface area contributed by atoms with Crippen molar-refractivity contribution in [3.8, 4) is 0 Å². The number of H-pyrrole nitrogens is 1. The number of anilines is 1. The standard InChI is InChI=1S/C15H19N3OS/c1-11-15(12(2)18-17-11)16-14(19)9-6-10-20-13-7-4-3-5-8-13/h3-5,7-8H,6,9-10H2,1-2H3,(H,16,19)(H,17,18). The van der Waals surface area contributed by atoms with E-state index >= 15 is 0 Å². The average molecular weight is 289 g/mol. The van der Waals surface area contributed by atoms with Gasteiger partial charge in [0.25, 0.3) is 0 Å². The number of amides is 1. The summed E-state index contributed by atoms with van der Waals surface area (Å²) >= 11 is 1.78. The Bertz CT molecular complexity index is 546. The largest absolute Gasteiger partial charge is 0.323 e. The van der Waals surface area contributed by atoms with Gasteiger partial charge in [0, 0.05) is 11.3 Å². The SMILES string of the molecule is Cc1n[nH]c(C)c1NC(=O)CCCSc1ccccc1. The number of aryl methyl sites for hydroxylation is 2. The minimum absolute atomic E-state index is 0.0475. The van der Waals surface area contributed by atoms with Crippen LogP contribution in [0.5, 0.6) is 0 Å². The van der Waals surface area contributed by atoms with Crippen molar-refractivity contribution in [3.05, 3.63) is 41.7 Å². The smallest absolute Gasteiger partial charge is 0.224 e. The summed E-state index contributed by atoms with van der Waals surface area (Å²) in [5, 5.41) is 9.84. The molecule has 0 fully saturated rings. The van der Waals surface area contributed by atoms with Gasteiger partial charge in [-0.05, 0) is 38.2 Å². The number of hydrogen-bond donors (Lipinski definition) is 2. The molecule has 1 aromatic heterocycles. The summed E-state index contributed by atoms with van der Waals surface area (Å²) in [7, 11) is 0. The van der Waals surface area contributed by atoms with Crippen molar-refractivity contribution in [1.29, 1.82) is 0 Å². The van der Waals surface area contributed by atoms with Crippen LogP contribution in [0.4, 0.5) is 5.69 Å². The Hall–Kier alpha value is -1.75. The number of benzene rings is 1.